The number of hydrogen-bond donors (Lipinski definition) is 1. The second-order valence-electron chi connectivity index (χ2n) is 16.9. The normalized spacial score (nSPS) is 33.3. The molecule has 1 aromatic rings. The van der Waals surface area contributed by atoms with Crippen molar-refractivity contribution in [1.82, 2.24) is 15.1 Å². The molecule has 2 amide bonds. The number of hydrogen-bond acceptors (Lipinski definition) is 7. The number of allylic oxidation sites excluding steroid dienone is 1. The van der Waals surface area contributed by atoms with Crippen molar-refractivity contribution in [1.29, 1.82) is 5.26 Å². The molecule has 6 aliphatic rings. The number of carbonyl (C=O) groups is 2. The maximum Gasteiger partial charge on any atom is 0.482 e. The third kappa shape index (κ3) is 7.47. The van der Waals surface area contributed by atoms with E-state index in [0.29, 0.717) is 57.2 Å². The van der Waals surface area contributed by atoms with E-state index in [1.54, 1.807) is 24.0 Å². The molecule has 3 aliphatic carbocycles. The molecule has 3 aliphatic heterocycles. The van der Waals surface area contributed by atoms with E-state index in [1.165, 1.54) is 12.1 Å². The van der Waals surface area contributed by atoms with Gasteiger partial charge >= 0.3 is 13.2 Å². The molecule has 7 rings (SSSR count). The van der Waals surface area contributed by atoms with E-state index < -0.39 is 48.0 Å². The van der Waals surface area contributed by atoms with Crippen molar-refractivity contribution >= 4 is 19.1 Å². The molecule has 3 heterocycles. The van der Waals surface area contributed by atoms with Gasteiger partial charge in [-0.05, 0) is 108 Å². The standard InChI is InChI=1S/C38H53BF2N4O5/c1-35(2,45-18-16-37(5,41)24-45)15-7-9-26(22-42)33(46)44-17-8-10-29(23-44)48-34(47)43-32(19-25-11-13-28(40)14-12-25)39-49-31-21-27-20-30(36(27,3)4)38(31,6)50-39/h7,11-15,26-27,29-32H,8-10,16-21,23-24H2,1-6H3,(H,43,47)/t26?,27?,29-,30?,31+,32-,37?,38-/m0/s1. The highest BCUT2D eigenvalue weighted by Crippen LogP contribution is 2.65. The minimum absolute atomic E-state index is 0.0732. The van der Waals surface area contributed by atoms with Crippen molar-refractivity contribution in [2.75, 3.05) is 26.2 Å². The second kappa shape index (κ2) is 13.9. The lowest BCUT2D eigenvalue weighted by Gasteiger charge is -2.64. The summed E-state index contributed by atoms with van der Waals surface area (Å²) in [6.45, 7) is 14.0. The highest BCUT2D eigenvalue weighted by atomic mass is 19.1. The lowest BCUT2D eigenvalue weighted by atomic mass is 9.43. The third-order valence-corrected chi connectivity index (χ3v) is 12.5. The molecule has 0 radical (unpaired) electrons. The van der Waals surface area contributed by atoms with Gasteiger partial charge in [-0.25, -0.2) is 13.6 Å². The molecule has 1 aromatic carbocycles. The summed E-state index contributed by atoms with van der Waals surface area (Å²) in [5, 5.41) is 12.9. The predicted octanol–water partition coefficient (Wildman–Crippen LogP) is 6.02. The van der Waals surface area contributed by atoms with Crippen LogP contribution in [-0.4, -0.2) is 90.1 Å². The highest BCUT2D eigenvalue weighted by Gasteiger charge is 2.68. The van der Waals surface area contributed by atoms with Gasteiger partial charge in [0.25, 0.3) is 0 Å². The van der Waals surface area contributed by atoms with Crippen molar-refractivity contribution in [2.45, 2.75) is 121 Å². The van der Waals surface area contributed by atoms with Crippen LogP contribution in [0.2, 0.25) is 0 Å². The van der Waals surface area contributed by atoms with E-state index >= 15 is 0 Å². The lowest BCUT2D eigenvalue weighted by molar-refractivity contribution is -0.199. The second-order valence-corrected chi connectivity index (χ2v) is 16.9. The number of amides is 2. The molecule has 3 saturated carbocycles. The first-order valence-corrected chi connectivity index (χ1v) is 18.4. The molecule has 272 valence electrons. The van der Waals surface area contributed by atoms with Gasteiger partial charge in [-0.15, -0.1) is 0 Å². The van der Waals surface area contributed by atoms with E-state index in [0.717, 1.165) is 18.4 Å². The van der Waals surface area contributed by atoms with Crippen LogP contribution in [0.3, 0.4) is 0 Å². The van der Waals surface area contributed by atoms with Gasteiger partial charge in [0, 0.05) is 25.2 Å². The van der Waals surface area contributed by atoms with Crippen molar-refractivity contribution in [2.24, 2.45) is 23.2 Å². The maximum absolute atomic E-state index is 14.4. The number of alkyl halides is 1. The predicted molar refractivity (Wildman–Crippen MR) is 186 cm³/mol. The molecule has 3 saturated heterocycles. The van der Waals surface area contributed by atoms with Crippen LogP contribution in [0.15, 0.2) is 36.4 Å². The number of piperidine rings is 1. The van der Waals surface area contributed by atoms with Gasteiger partial charge in [0.15, 0.2) is 0 Å². The topological polar surface area (TPSA) is 104 Å². The summed E-state index contributed by atoms with van der Waals surface area (Å²) < 4.78 is 47.3. The van der Waals surface area contributed by atoms with Crippen LogP contribution in [-0.2, 0) is 25.3 Å². The third-order valence-electron chi connectivity index (χ3n) is 12.5. The number of likely N-dealkylation sites (tertiary alicyclic amines) is 2. The Hall–Kier alpha value is -3.01. The number of nitrogens with zero attached hydrogens (tertiary/aromatic N) is 3. The molecule has 0 spiro atoms. The van der Waals surface area contributed by atoms with Gasteiger partial charge in [0.2, 0.25) is 5.91 Å². The zero-order valence-electron chi connectivity index (χ0n) is 30.4. The van der Waals surface area contributed by atoms with Gasteiger partial charge < -0.3 is 24.3 Å². The van der Waals surface area contributed by atoms with Gasteiger partial charge in [-0.1, -0.05) is 38.1 Å². The fourth-order valence-electron chi connectivity index (χ4n) is 9.18. The largest absolute Gasteiger partial charge is 0.482 e. The van der Waals surface area contributed by atoms with Crippen molar-refractivity contribution in [3.63, 3.8) is 0 Å². The molecule has 50 heavy (non-hydrogen) atoms. The Bertz CT molecular complexity index is 1500. The van der Waals surface area contributed by atoms with E-state index in [1.807, 2.05) is 26.0 Å². The van der Waals surface area contributed by atoms with Crippen LogP contribution < -0.4 is 5.32 Å². The van der Waals surface area contributed by atoms with E-state index in [4.69, 9.17) is 14.0 Å². The van der Waals surface area contributed by atoms with E-state index in [2.05, 4.69) is 37.1 Å². The first-order chi connectivity index (χ1) is 23.5. The van der Waals surface area contributed by atoms with Crippen LogP contribution in [0.4, 0.5) is 13.6 Å². The van der Waals surface area contributed by atoms with Crippen LogP contribution in [0.1, 0.15) is 85.6 Å². The van der Waals surface area contributed by atoms with Crippen LogP contribution in [0, 0.1) is 40.3 Å². The molecule has 8 atom stereocenters. The summed E-state index contributed by atoms with van der Waals surface area (Å²) >= 11 is 0. The number of rotatable bonds is 10. The quantitative estimate of drug-likeness (QED) is 0.236. The Balaban J connectivity index is 1.06. The average Bonchev–Trinajstić information content (AvgIpc) is 3.62. The number of ether oxygens (including phenoxy) is 1. The zero-order valence-corrected chi connectivity index (χ0v) is 30.4. The Kier molecular flexibility index (Phi) is 10.2. The first kappa shape index (κ1) is 36.8. The van der Waals surface area contributed by atoms with Gasteiger partial charge in [0.05, 0.1) is 30.3 Å². The molecular weight excluding hydrogens is 641 g/mol. The fourth-order valence-corrected chi connectivity index (χ4v) is 9.18. The Morgan fingerprint density at radius 1 is 1.20 bits per heavy atom. The molecule has 9 nitrogen and oxygen atoms in total. The van der Waals surface area contributed by atoms with Crippen LogP contribution in [0.25, 0.3) is 0 Å². The number of benzene rings is 1. The van der Waals surface area contributed by atoms with E-state index in [9.17, 15) is 23.6 Å². The average molecular weight is 695 g/mol. The minimum Gasteiger partial charge on any atom is -0.444 e. The minimum atomic E-state index is -1.21. The zero-order chi connectivity index (χ0) is 36.1. The number of halogens is 2. The van der Waals surface area contributed by atoms with Gasteiger partial charge in [-0.2, -0.15) is 5.26 Å². The highest BCUT2D eigenvalue weighted by molar-refractivity contribution is 6.47. The molecule has 0 aromatic heterocycles. The summed E-state index contributed by atoms with van der Waals surface area (Å²) in [5.41, 5.74) is -1.09. The monoisotopic (exact) mass is 694 g/mol. The Labute approximate surface area is 296 Å². The smallest absolute Gasteiger partial charge is 0.444 e. The molecule has 6 fully saturated rings. The molecule has 12 heteroatoms. The van der Waals surface area contributed by atoms with Crippen molar-refractivity contribution in [3.8, 4) is 6.07 Å². The molecule has 2 bridgehead atoms. The van der Waals surface area contributed by atoms with E-state index in [-0.39, 0.29) is 36.2 Å². The maximum atomic E-state index is 14.4. The summed E-state index contributed by atoms with van der Waals surface area (Å²) in [6.07, 6.45) is 6.86. The fraction of sp³-hybridized carbons (Fsp3) is 0.711. The summed E-state index contributed by atoms with van der Waals surface area (Å²) in [5.74, 6) is -1.17. The van der Waals surface area contributed by atoms with Crippen molar-refractivity contribution in [3.05, 3.63) is 47.8 Å². The molecule has 4 unspecified atom stereocenters. The number of nitrogens with one attached hydrogen (secondary N) is 1. The van der Waals surface area contributed by atoms with Crippen LogP contribution in [0.5, 0.6) is 0 Å². The Morgan fingerprint density at radius 3 is 2.60 bits per heavy atom. The van der Waals surface area contributed by atoms with Gasteiger partial charge in [-0.3, -0.25) is 9.69 Å². The number of carbonyl (C=O) groups excluding carboxylic acids is 2. The Morgan fingerprint density at radius 2 is 1.94 bits per heavy atom. The lowest BCUT2D eigenvalue weighted by Crippen LogP contribution is -2.65. The molecular formula is C38H53BF2N4O5. The number of alkyl carbamates (subject to hydrolysis) is 1. The summed E-state index contributed by atoms with van der Waals surface area (Å²) in [7, 11) is -0.705. The SMILES string of the molecule is CC1(F)CCN(C(C)(C)C=CCC(C#N)C(=O)N2CCC[C@H](OC(=O)N[C@@H](Cc3ccc(F)cc3)B3O[C@@H]4CC5CC(C5(C)C)[C@]4(C)O3)C2)C1. The molecule has 1 N–H and O–H groups in total. The van der Waals surface area contributed by atoms with Gasteiger partial charge in [0.1, 0.15) is 23.5 Å². The first-order valence-electron chi connectivity index (χ1n) is 18.4. The number of nitriles is 1. The summed E-state index contributed by atoms with van der Waals surface area (Å²) in [4.78, 5) is 30.6. The summed E-state index contributed by atoms with van der Waals surface area (Å²) in [6, 6.07) is 8.33. The van der Waals surface area contributed by atoms with Crippen LogP contribution >= 0.6 is 0 Å². The van der Waals surface area contributed by atoms with Crippen molar-refractivity contribution < 1.29 is 32.4 Å².